The molecule has 1 heterocycles. The van der Waals surface area contributed by atoms with Crippen molar-refractivity contribution in [1.29, 1.82) is 0 Å². The summed E-state index contributed by atoms with van der Waals surface area (Å²) in [7, 11) is 1.31. The standard InChI is InChI=1S/C18H14N2O4/c1-23-18(22)13-7-9-14(10-8-13)19-17(21)16-11-15(20-24-16)12-5-3-2-4-6-12/h2-11H,1H3,(H,19,21). The van der Waals surface area contributed by atoms with E-state index in [-0.39, 0.29) is 5.76 Å². The molecular formula is C18H14N2O4. The summed E-state index contributed by atoms with van der Waals surface area (Å²) >= 11 is 0. The molecule has 120 valence electrons. The van der Waals surface area contributed by atoms with Crippen LogP contribution < -0.4 is 5.32 Å². The molecule has 3 rings (SSSR count). The molecule has 1 aromatic heterocycles. The van der Waals surface area contributed by atoms with Gasteiger partial charge < -0.3 is 14.6 Å². The number of anilines is 1. The number of rotatable bonds is 4. The Hall–Kier alpha value is -3.41. The largest absolute Gasteiger partial charge is 0.465 e. The maximum atomic E-state index is 12.2. The van der Waals surface area contributed by atoms with E-state index in [1.807, 2.05) is 30.3 Å². The first-order valence-electron chi connectivity index (χ1n) is 7.19. The highest BCUT2D eigenvalue weighted by atomic mass is 16.5. The van der Waals surface area contributed by atoms with E-state index in [0.29, 0.717) is 16.9 Å². The van der Waals surface area contributed by atoms with Gasteiger partial charge in [0.2, 0.25) is 5.76 Å². The second-order valence-electron chi connectivity index (χ2n) is 4.97. The molecule has 0 aliphatic rings. The van der Waals surface area contributed by atoms with Gasteiger partial charge in [-0.2, -0.15) is 0 Å². The number of hydrogen-bond donors (Lipinski definition) is 1. The predicted octanol–water partition coefficient (Wildman–Crippen LogP) is 3.38. The molecule has 6 nitrogen and oxygen atoms in total. The molecule has 1 amide bonds. The zero-order valence-corrected chi connectivity index (χ0v) is 12.9. The van der Waals surface area contributed by atoms with Crippen molar-refractivity contribution < 1.29 is 18.8 Å². The minimum absolute atomic E-state index is 0.103. The van der Waals surface area contributed by atoms with Gasteiger partial charge in [-0.3, -0.25) is 4.79 Å². The van der Waals surface area contributed by atoms with E-state index < -0.39 is 11.9 Å². The first-order chi connectivity index (χ1) is 11.7. The molecular weight excluding hydrogens is 308 g/mol. The lowest BCUT2D eigenvalue weighted by Gasteiger charge is -2.03. The van der Waals surface area contributed by atoms with Gasteiger partial charge in [-0.1, -0.05) is 35.5 Å². The monoisotopic (exact) mass is 322 g/mol. The third-order valence-corrected chi connectivity index (χ3v) is 3.37. The average molecular weight is 322 g/mol. The van der Waals surface area contributed by atoms with Crippen LogP contribution in [-0.2, 0) is 4.74 Å². The molecule has 0 saturated heterocycles. The van der Waals surface area contributed by atoms with Crippen LogP contribution in [0.15, 0.2) is 65.2 Å². The zero-order chi connectivity index (χ0) is 16.9. The van der Waals surface area contributed by atoms with Crippen molar-refractivity contribution in [3.05, 3.63) is 72.0 Å². The second-order valence-corrected chi connectivity index (χ2v) is 4.97. The summed E-state index contributed by atoms with van der Waals surface area (Å²) in [5, 5.41) is 6.58. The zero-order valence-electron chi connectivity index (χ0n) is 12.9. The van der Waals surface area contributed by atoms with Crippen LogP contribution >= 0.6 is 0 Å². The summed E-state index contributed by atoms with van der Waals surface area (Å²) in [6.45, 7) is 0. The highest BCUT2D eigenvalue weighted by molar-refractivity contribution is 6.03. The number of carbonyl (C=O) groups is 2. The number of methoxy groups -OCH3 is 1. The quantitative estimate of drug-likeness (QED) is 0.745. The van der Waals surface area contributed by atoms with Crippen molar-refractivity contribution in [2.75, 3.05) is 12.4 Å². The average Bonchev–Trinajstić information content (AvgIpc) is 3.13. The van der Waals surface area contributed by atoms with Crippen molar-refractivity contribution in [3.63, 3.8) is 0 Å². The molecule has 0 radical (unpaired) electrons. The number of benzene rings is 2. The summed E-state index contributed by atoms with van der Waals surface area (Å²) in [6, 6.07) is 17.4. The van der Waals surface area contributed by atoms with E-state index in [1.54, 1.807) is 30.3 Å². The number of nitrogens with zero attached hydrogens (tertiary/aromatic N) is 1. The van der Waals surface area contributed by atoms with Crippen molar-refractivity contribution in [2.24, 2.45) is 0 Å². The lowest BCUT2D eigenvalue weighted by Crippen LogP contribution is -2.11. The lowest BCUT2D eigenvalue weighted by molar-refractivity contribution is 0.0600. The number of carbonyl (C=O) groups excluding carboxylic acids is 2. The van der Waals surface area contributed by atoms with E-state index >= 15 is 0 Å². The maximum Gasteiger partial charge on any atom is 0.337 e. The van der Waals surface area contributed by atoms with Crippen molar-refractivity contribution >= 4 is 17.6 Å². The number of ether oxygens (including phenoxy) is 1. The second kappa shape index (κ2) is 6.78. The summed E-state index contributed by atoms with van der Waals surface area (Å²) < 4.78 is 9.72. The third kappa shape index (κ3) is 3.33. The fourth-order valence-corrected chi connectivity index (χ4v) is 2.13. The Bertz CT molecular complexity index is 854. The van der Waals surface area contributed by atoms with E-state index in [9.17, 15) is 9.59 Å². The molecule has 24 heavy (non-hydrogen) atoms. The van der Waals surface area contributed by atoms with Crippen LogP contribution in [0.2, 0.25) is 0 Å². The highest BCUT2D eigenvalue weighted by Gasteiger charge is 2.14. The van der Waals surface area contributed by atoms with Crippen LogP contribution in [0.5, 0.6) is 0 Å². The smallest absolute Gasteiger partial charge is 0.337 e. The minimum Gasteiger partial charge on any atom is -0.465 e. The molecule has 0 atom stereocenters. The van der Waals surface area contributed by atoms with Gasteiger partial charge >= 0.3 is 5.97 Å². The molecule has 2 aromatic carbocycles. The van der Waals surface area contributed by atoms with Gasteiger partial charge in [-0.05, 0) is 24.3 Å². The molecule has 0 aliphatic heterocycles. The topological polar surface area (TPSA) is 81.4 Å². The Kier molecular flexibility index (Phi) is 4.38. The van der Waals surface area contributed by atoms with E-state index in [2.05, 4.69) is 15.2 Å². The van der Waals surface area contributed by atoms with Gasteiger partial charge in [0.25, 0.3) is 5.91 Å². The Morgan fingerprint density at radius 1 is 1.04 bits per heavy atom. The molecule has 1 N–H and O–H groups in total. The molecule has 0 aliphatic carbocycles. The Labute approximate surface area is 138 Å². The fourth-order valence-electron chi connectivity index (χ4n) is 2.13. The van der Waals surface area contributed by atoms with Gasteiger partial charge in [0, 0.05) is 17.3 Å². The van der Waals surface area contributed by atoms with E-state index in [4.69, 9.17) is 4.52 Å². The van der Waals surface area contributed by atoms with Crippen LogP contribution in [0.25, 0.3) is 11.3 Å². The Morgan fingerprint density at radius 3 is 2.42 bits per heavy atom. The van der Waals surface area contributed by atoms with Crippen LogP contribution in [0.4, 0.5) is 5.69 Å². The van der Waals surface area contributed by atoms with Gasteiger partial charge in [-0.15, -0.1) is 0 Å². The summed E-state index contributed by atoms with van der Waals surface area (Å²) in [6.07, 6.45) is 0. The van der Waals surface area contributed by atoms with E-state index in [0.717, 1.165) is 5.56 Å². The normalized spacial score (nSPS) is 10.2. The SMILES string of the molecule is COC(=O)c1ccc(NC(=O)c2cc(-c3ccccc3)no2)cc1. The number of esters is 1. The van der Waals surface area contributed by atoms with Crippen LogP contribution in [0.3, 0.4) is 0 Å². The molecule has 6 heteroatoms. The number of aromatic nitrogens is 1. The molecule has 0 unspecified atom stereocenters. The highest BCUT2D eigenvalue weighted by Crippen LogP contribution is 2.19. The van der Waals surface area contributed by atoms with Gasteiger partial charge in [0.1, 0.15) is 5.69 Å². The number of nitrogens with one attached hydrogen (secondary N) is 1. The minimum atomic E-state index is -0.435. The van der Waals surface area contributed by atoms with Crippen LogP contribution in [0.1, 0.15) is 20.9 Å². The van der Waals surface area contributed by atoms with Crippen molar-refractivity contribution in [3.8, 4) is 11.3 Å². The molecule has 0 spiro atoms. The van der Waals surface area contributed by atoms with Crippen molar-refractivity contribution in [1.82, 2.24) is 5.16 Å². The number of amides is 1. The van der Waals surface area contributed by atoms with Crippen molar-refractivity contribution in [2.45, 2.75) is 0 Å². The number of hydrogen-bond acceptors (Lipinski definition) is 5. The molecule has 3 aromatic rings. The predicted molar refractivity (Wildman–Crippen MR) is 87.7 cm³/mol. The Morgan fingerprint density at radius 2 is 1.75 bits per heavy atom. The molecule has 0 fully saturated rings. The van der Waals surface area contributed by atoms with Gasteiger partial charge in [-0.25, -0.2) is 4.79 Å². The summed E-state index contributed by atoms with van der Waals surface area (Å²) in [5.74, 6) is -0.753. The summed E-state index contributed by atoms with van der Waals surface area (Å²) in [5.41, 5.74) is 2.39. The third-order valence-electron chi connectivity index (χ3n) is 3.37. The van der Waals surface area contributed by atoms with Crippen LogP contribution in [0, 0.1) is 0 Å². The first-order valence-corrected chi connectivity index (χ1v) is 7.19. The van der Waals surface area contributed by atoms with Gasteiger partial charge in [0.15, 0.2) is 0 Å². The van der Waals surface area contributed by atoms with Crippen LogP contribution in [-0.4, -0.2) is 24.1 Å². The van der Waals surface area contributed by atoms with Gasteiger partial charge in [0.05, 0.1) is 12.7 Å². The lowest BCUT2D eigenvalue weighted by atomic mass is 10.1. The molecule has 0 bridgehead atoms. The summed E-state index contributed by atoms with van der Waals surface area (Å²) in [4.78, 5) is 23.6. The first kappa shape index (κ1) is 15.5. The fraction of sp³-hybridized carbons (Fsp3) is 0.0556. The molecule has 0 saturated carbocycles. The maximum absolute atomic E-state index is 12.2. The van der Waals surface area contributed by atoms with E-state index in [1.165, 1.54) is 7.11 Å². The Balaban J connectivity index is 1.71.